The molecule has 0 aromatic heterocycles. The molecule has 0 saturated heterocycles. The number of carbonyl (C=O) groups excluding carboxylic acids is 2. The largest absolute Gasteiger partial charge is 0.399 e. The molecular formula is C9H10N2O2. The SMILES string of the molecule is CC(=O)c1cc(N)cc(C(N)=O)c1. The maximum absolute atomic E-state index is 11.0. The summed E-state index contributed by atoms with van der Waals surface area (Å²) in [5.74, 6) is -0.732. The van der Waals surface area contributed by atoms with Gasteiger partial charge in [0.25, 0.3) is 0 Å². The number of nitrogens with two attached hydrogens (primary N) is 2. The summed E-state index contributed by atoms with van der Waals surface area (Å²) < 4.78 is 0. The fourth-order valence-electron chi connectivity index (χ4n) is 0.997. The Morgan fingerprint density at radius 1 is 1.15 bits per heavy atom. The highest BCUT2D eigenvalue weighted by Crippen LogP contribution is 2.12. The normalized spacial score (nSPS) is 9.62. The Labute approximate surface area is 75.5 Å². The molecule has 13 heavy (non-hydrogen) atoms. The zero-order valence-corrected chi connectivity index (χ0v) is 7.20. The van der Waals surface area contributed by atoms with Crippen molar-refractivity contribution in [2.24, 2.45) is 5.73 Å². The van der Waals surface area contributed by atoms with E-state index in [-0.39, 0.29) is 11.3 Å². The first-order valence-corrected chi connectivity index (χ1v) is 3.72. The van der Waals surface area contributed by atoms with Crippen LogP contribution in [0.15, 0.2) is 18.2 Å². The average molecular weight is 178 g/mol. The molecule has 0 radical (unpaired) electrons. The third-order valence-corrected chi connectivity index (χ3v) is 1.65. The molecule has 1 rings (SSSR count). The number of nitrogen functional groups attached to an aromatic ring is 1. The van der Waals surface area contributed by atoms with Gasteiger partial charge in [0.15, 0.2) is 5.78 Å². The van der Waals surface area contributed by atoms with E-state index in [2.05, 4.69) is 0 Å². The van der Waals surface area contributed by atoms with Crippen LogP contribution in [0.4, 0.5) is 5.69 Å². The average Bonchev–Trinajstić information content (AvgIpc) is 2.03. The van der Waals surface area contributed by atoms with Gasteiger partial charge in [-0.3, -0.25) is 9.59 Å². The molecule has 1 aromatic carbocycles. The van der Waals surface area contributed by atoms with E-state index in [0.29, 0.717) is 11.3 Å². The monoisotopic (exact) mass is 178 g/mol. The van der Waals surface area contributed by atoms with Crippen LogP contribution in [-0.4, -0.2) is 11.7 Å². The van der Waals surface area contributed by atoms with Crippen molar-refractivity contribution >= 4 is 17.4 Å². The fraction of sp³-hybridized carbons (Fsp3) is 0.111. The summed E-state index contributed by atoms with van der Waals surface area (Å²) in [4.78, 5) is 21.7. The maximum Gasteiger partial charge on any atom is 0.248 e. The number of hydrogen-bond donors (Lipinski definition) is 2. The molecular weight excluding hydrogens is 168 g/mol. The highest BCUT2D eigenvalue weighted by atomic mass is 16.1. The van der Waals surface area contributed by atoms with Crippen molar-refractivity contribution in [3.63, 3.8) is 0 Å². The van der Waals surface area contributed by atoms with Gasteiger partial charge in [0.1, 0.15) is 0 Å². The number of hydrogen-bond acceptors (Lipinski definition) is 3. The van der Waals surface area contributed by atoms with Crippen molar-refractivity contribution in [2.45, 2.75) is 6.92 Å². The molecule has 4 N–H and O–H groups in total. The zero-order valence-electron chi connectivity index (χ0n) is 7.20. The van der Waals surface area contributed by atoms with Crippen molar-refractivity contribution in [1.82, 2.24) is 0 Å². The minimum atomic E-state index is -0.588. The quantitative estimate of drug-likeness (QED) is 0.512. The van der Waals surface area contributed by atoms with Gasteiger partial charge in [0.2, 0.25) is 5.91 Å². The van der Waals surface area contributed by atoms with Gasteiger partial charge < -0.3 is 11.5 Å². The molecule has 0 aliphatic rings. The van der Waals surface area contributed by atoms with Crippen molar-refractivity contribution in [2.75, 3.05) is 5.73 Å². The summed E-state index contributed by atoms with van der Waals surface area (Å²) in [6, 6.07) is 4.38. The van der Waals surface area contributed by atoms with Crippen LogP contribution < -0.4 is 11.5 Å². The van der Waals surface area contributed by atoms with E-state index in [4.69, 9.17) is 11.5 Å². The van der Waals surface area contributed by atoms with E-state index in [1.165, 1.54) is 25.1 Å². The minimum absolute atomic E-state index is 0.144. The third kappa shape index (κ3) is 2.05. The van der Waals surface area contributed by atoms with Gasteiger partial charge in [0, 0.05) is 16.8 Å². The lowest BCUT2D eigenvalue weighted by Gasteiger charge is -2.01. The standard InChI is InChI=1S/C9H10N2O2/c1-5(12)6-2-7(9(11)13)4-8(10)3-6/h2-4H,10H2,1H3,(H2,11,13). The maximum atomic E-state index is 11.0. The second kappa shape index (κ2) is 3.26. The number of ketones is 1. The van der Waals surface area contributed by atoms with E-state index in [0.717, 1.165) is 0 Å². The molecule has 4 heteroatoms. The van der Waals surface area contributed by atoms with E-state index in [1.54, 1.807) is 0 Å². The van der Waals surface area contributed by atoms with Crippen LogP contribution in [0.2, 0.25) is 0 Å². The van der Waals surface area contributed by atoms with Gasteiger partial charge >= 0.3 is 0 Å². The van der Waals surface area contributed by atoms with Crippen LogP contribution in [0.25, 0.3) is 0 Å². The molecule has 0 atom stereocenters. The number of Topliss-reactive ketones (excluding diaryl/α,β-unsaturated/α-hetero) is 1. The van der Waals surface area contributed by atoms with Gasteiger partial charge in [-0.05, 0) is 25.1 Å². The van der Waals surface area contributed by atoms with Crippen molar-refractivity contribution in [1.29, 1.82) is 0 Å². The Balaban J connectivity index is 3.26. The summed E-state index contributed by atoms with van der Waals surface area (Å²) >= 11 is 0. The fourth-order valence-corrected chi connectivity index (χ4v) is 0.997. The number of carbonyl (C=O) groups is 2. The summed E-state index contributed by atoms with van der Waals surface area (Å²) in [6.07, 6.45) is 0. The lowest BCUT2D eigenvalue weighted by Crippen LogP contribution is -2.12. The molecule has 0 aliphatic carbocycles. The highest BCUT2D eigenvalue weighted by Gasteiger charge is 2.06. The molecule has 0 fully saturated rings. The zero-order chi connectivity index (χ0) is 10.0. The third-order valence-electron chi connectivity index (χ3n) is 1.65. The highest BCUT2D eigenvalue weighted by molar-refractivity contribution is 6.00. The lowest BCUT2D eigenvalue weighted by molar-refractivity contribution is 0.1000. The predicted octanol–water partition coefficient (Wildman–Crippen LogP) is 0.570. The van der Waals surface area contributed by atoms with Crippen molar-refractivity contribution < 1.29 is 9.59 Å². The summed E-state index contributed by atoms with van der Waals surface area (Å²) in [5, 5.41) is 0. The number of anilines is 1. The number of rotatable bonds is 2. The minimum Gasteiger partial charge on any atom is -0.399 e. The van der Waals surface area contributed by atoms with Crippen LogP contribution >= 0.6 is 0 Å². The molecule has 68 valence electrons. The number of primary amides is 1. The van der Waals surface area contributed by atoms with Gasteiger partial charge in [-0.15, -0.1) is 0 Å². The van der Waals surface area contributed by atoms with Crippen molar-refractivity contribution in [3.05, 3.63) is 29.3 Å². The summed E-state index contributed by atoms with van der Waals surface area (Å²) in [6.45, 7) is 1.40. The Morgan fingerprint density at radius 2 is 1.69 bits per heavy atom. The molecule has 0 heterocycles. The molecule has 1 amide bonds. The van der Waals surface area contributed by atoms with Crippen molar-refractivity contribution in [3.8, 4) is 0 Å². The Bertz CT molecular complexity index is 340. The van der Waals surface area contributed by atoms with E-state index < -0.39 is 5.91 Å². The molecule has 0 spiro atoms. The van der Waals surface area contributed by atoms with E-state index in [9.17, 15) is 9.59 Å². The second-order valence-electron chi connectivity index (χ2n) is 2.76. The topological polar surface area (TPSA) is 86.2 Å². The number of benzene rings is 1. The van der Waals surface area contributed by atoms with Crippen LogP contribution in [-0.2, 0) is 0 Å². The Morgan fingerprint density at radius 3 is 2.15 bits per heavy atom. The molecule has 0 bridgehead atoms. The van der Waals surface area contributed by atoms with E-state index in [1.807, 2.05) is 0 Å². The number of amides is 1. The smallest absolute Gasteiger partial charge is 0.248 e. The molecule has 0 aliphatic heterocycles. The molecule has 4 nitrogen and oxygen atoms in total. The summed E-state index contributed by atoms with van der Waals surface area (Å²) in [5.41, 5.74) is 11.5. The molecule has 0 unspecified atom stereocenters. The van der Waals surface area contributed by atoms with E-state index >= 15 is 0 Å². The van der Waals surface area contributed by atoms with Gasteiger partial charge in [-0.1, -0.05) is 0 Å². The molecule has 1 aromatic rings. The summed E-state index contributed by atoms with van der Waals surface area (Å²) in [7, 11) is 0. The van der Waals surface area contributed by atoms with Crippen LogP contribution in [0.1, 0.15) is 27.6 Å². The van der Waals surface area contributed by atoms with Gasteiger partial charge in [0.05, 0.1) is 0 Å². The molecule has 0 saturated carbocycles. The predicted molar refractivity (Wildman–Crippen MR) is 49.4 cm³/mol. The van der Waals surface area contributed by atoms with Gasteiger partial charge in [-0.2, -0.15) is 0 Å². The van der Waals surface area contributed by atoms with Crippen LogP contribution in [0.5, 0.6) is 0 Å². The first-order chi connectivity index (χ1) is 6.00. The van der Waals surface area contributed by atoms with Gasteiger partial charge in [-0.25, -0.2) is 0 Å². The Kier molecular flexibility index (Phi) is 2.32. The Hall–Kier alpha value is -1.84. The van der Waals surface area contributed by atoms with Crippen LogP contribution in [0.3, 0.4) is 0 Å². The van der Waals surface area contributed by atoms with Crippen LogP contribution in [0, 0.1) is 0 Å². The lowest BCUT2D eigenvalue weighted by atomic mass is 10.1. The first kappa shape index (κ1) is 9.25. The first-order valence-electron chi connectivity index (χ1n) is 3.72. The second-order valence-corrected chi connectivity index (χ2v) is 2.76.